The van der Waals surface area contributed by atoms with E-state index in [9.17, 15) is 0 Å². The Morgan fingerprint density at radius 3 is 2.67 bits per heavy atom. The molecule has 2 N–H and O–H groups in total. The van der Waals surface area contributed by atoms with E-state index in [1.165, 1.54) is 0 Å². The predicted molar refractivity (Wildman–Crippen MR) is 84.8 cm³/mol. The van der Waals surface area contributed by atoms with Crippen LogP contribution in [0.25, 0.3) is 0 Å². The van der Waals surface area contributed by atoms with Crippen LogP contribution in [0.5, 0.6) is 11.5 Å². The molecule has 1 heterocycles. The molecule has 118 valence electrons. The van der Waals surface area contributed by atoms with Gasteiger partial charge in [0.25, 0.3) is 0 Å². The molecule has 5 nitrogen and oxygen atoms in total. The van der Waals surface area contributed by atoms with Crippen LogP contribution in [0.1, 0.15) is 24.9 Å². The molecule has 21 heavy (non-hydrogen) atoms. The highest BCUT2D eigenvalue weighted by Gasteiger charge is 2.17. The van der Waals surface area contributed by atoms with E-state index in [4.69, 9.17) is 15.2 Å². The number of likely N-dealkylation sites (N-methyl/N-ethyl adjacent to an activating group) is 1. The molecule has 0 aliphatic carbocycles. The van der Waals surface area contributed by atoms with Gasteiger partial charge in [0.15, 0.2) is 11.5 Å². The number of benzene rings is 1. The molecule has 5 heteroatoms. The highest BCUT2D eigenvalue weighted by atomic mass is 16.7. The van der Waals surface area contributed by atoms with Crippen molar-refractivity contribution >= 4 is 0 Å². The van der Waals surface area contributed by atoms with Crippen molar-refractivity contribution in [2.24, 2.45) is 5.73 Å². The normalized spacial score (nSPS) is 15.0. The molecular weight excluding hydrogens is 266 g/mol. The third-order valence-electron chi connectivity index (χ3n) is 3.81. The third kappa shape index (κ3) is 4.59. The van der Waals surface area contributed by atoms with Gasteiger partial charge in [0.1, 0.15) is 0 Å². The summed E-state index contributed by atoms with van der Waals surface area (Å²) in [4.78, 5) is 4.62. The van der Waals surface area contributed by atoms with Gasteiger partial charge < -0.3 is 25.0 Å². The number of nitrogens with zero attached hydrogens (tertiary/aromatic N) is 2. The van der Waals surface area contributed by atoms with Gasteiger partial charge in [-0.05, 0) is 57.8 Å². The van der Waals surface area contributed by atoms with Gasteiger partial charge in [0, 0.05) is 12.6 Å². The molecule has 1 atom stereocenters. The van der Waals surface area contributed by atoms with E-state index in [1.54, 1.807) is 0 Å². The molecule has 0 bridgehead atoms. The topological polar surface area (TPSA) is 51.0 Å². The van der Waals surface area contributed by atoms with Gasteiger partial charge in [0.2, 0.25) is 6.79 Å². The minimum absolute atomic E-state index is 0.00111. The van der Waals surface area contributed by atoms with E-state index >= 15 is 0 Å². The maximum absolute atomic E-state index is 6.35. The lowest BCUT2D eigenvalue weighted by molar-refractivity contribution is 0.174. The lowest BCUT2D eigenvalue weighted by atomic mass is 10.1. The Kier molecular flexibility index (Phi) is 5.85. The Bertz CT molecular complexity index is 451. The summed E-state index contributed by atoms with van der Waals surface area (Å²) < 4.78 is 10.7. The highest BCUT2D eigenvalue weighted by Crippen LogP contribution is 2.33. The van der Waals surface area contributed by atoms with Crippen molar-refractivity contribution in [2.75, 3.05) is 47.1 Å². The average Bonchev–Trinajstić information content (AvgIpc) is 2.92. The van der Waals surface area contributed by atoms with E-state index in [-0.39, 0.29) is 6.04 Å². The number of nitrogens with two attached hydrogens (primary N) is 1. The van der Waals surface area contributed by atoms with Crippen molar-refractivity contribution in [1.29, 1.82) is 0 Å². The van der Waals surface area contributed by atoms with Crippen LogP contribution in [0.15, 0.2) is 18.2 Å². The Hall–Kier alpha value is -1.30. The zero-order valence-corrected chi connectivity index (χ0v) is 13.3. The third-order valence-corrected chi connectivity index (χ3v) is 3.81. The lowest BCUT2D eigenvalue weighted by Gasteiger charge is -2.25. The SMILES string of the molecule is CCN(CCCN(C)C)CC(N)c1ccc2c(c1)OCO2. The van der Waals surface area contributed by atoms with E-state index in [0.717, 1.165) is 49.7 Å². The second-order valence-electron chi connectivity index (χ2n) is 5.77. The Balaban J connectivity index is 1.88. The largest absolute Gasteiger partial charge is 0.454 e. The number of ether oxygens (including phenoxy) is 2. The molecule has 0 spiro atoms. The van der Waals surface area contributed by atoms with Crippen molar-refractivity contribution < 1.29 is 9.47 Å². The average molecular weight is 293 g/mol. The highest BCUT2D eigenvalue weighted by molar-refractivity contribution is 5.45. The maximum atomic E-state index is 6.35. The zero-order chi connectivity index (χ0) is 15.2. The summed E-state index contributed by atoms with van der Waals surface area (Å²) >= 11 is 0. The first-order valence-electron chi connectivity index (χ1n) is 7.62. The van der Waals surface area contributed by atoms with E-state index in [2.05, 4.69) is 30.8 Å². The number of fused-ring (bicyclic) bond motifs is 1. The molecule has 0 saturated carbocycles. The zero-order valence-electron chi connectivity index (χ0n) is 13.3. The van der Waals surface area contributed by atoms with E-state index in [1.807, 2.05) is 18.2 Å². The molecule has 0 aromatic heterocycles. The molecule has 2 rings (SSSR count). The molecule has 0 saturated heterocycles. The second kappa shape index (κ2) is 7.64. The Labute approximate surface area is 127 Å². The Morgan fingerprint density at radius 1 is 1.19 bits per heavy atom. The molecule has 1 unspecified atom stereocenters. The lowest BCUT2D eigenvalue weighted by Crippen LogP contribution is -2.34. The van der Waals surface area contributed by atoms with Crippen LogP contribution in [0, 0.1) is 0 Å². The maximum Gasteiger partial charge on any atom is 0.231 e. The fraction of sp³-hybridized carbons (Fsp3) is 0.625. The fourth-order valence-corrected chi connectivity index (χ4v) is 2.52. The van der Waals surface area contributed by atoms with Crippen LogP contribution >= 0.6 is 0 Å². The minimum atomic E-state index is -0.00111. The monoisotopic (exact) mass is 293 g/mol. The molecule has 0 amide bonds. The fourth-order valence-electron chi connectivity index (χ4n) is 2.52. The molecule has 0 radical (unpaired) electrons. The summed E-state index contributed by atoms with van der Waals surface area (Å²) in [6.45, 7) is 6.56. The molecule has 1 aliphatic rings. The second-order valence-corrected chi connectivity index (χ2v) is 5.77. The summed E-state index contributed by atoms with van der Waals surface area (Å²) in [6.07, 6.45) is 1.16. The summed E-state index contributed by atoms with van der Waals surface area (Å²) in [6, 6.07) is 5.98. The van der Waals surface area contributed by atoms with Crippen molar-refractivity contribution in [3.05, 3.63) is 23.8 Å². The van der Waals surface area contributed by atoms with Gasteiger partial charge in [-0.25, -0.2) is 0 Å². The van der Waals surface area contributed by atoms with Crippen molar-refractivity contribution in [1.82, 2.24) is 9.80 Å². The number of hydrogen-bond donors (Lipinski definition) is 1. The van der Waals surface area contributed by atoms with Crippen LogP contribution in [-0.4, -0.2) is 56.9 Å². The summed E-state index contributed by atoms with van der Waals surface area (Å²) in [5, 5.41) is 0. The van der Waals surface area contributed by atoms with Crippen LogP contribution in [0.3, 0.4) is 0 Å². The van der Waals surface area contributed by atoms with Crippen LogP contribution in [-0.2, 0) is 0 Å². The van der Waals surface area contributed by atoms with Crippen molar-refractivity contribution in [2.45, 2.75) is 19.4 Å². The standard InChI is InChI=1S/C16H27N3O2/c1-4-19(9-5-8-18(2)3)11-14(17)13-6-7-15-16(10-13)21-12-20-15/h6-7,10,14H,4-5,8-9,11-12,17H2,1-3H3. The molecule has 1 aliphatic heterocycles. The Morgan fingerprint density at radius 2 is 1.95 bits per heavy atom. The molecule has 1 aromatic rings. The molecule has 0 fully saturated rings. The smallest absolute Gasteiger partial charge is 0.231 e. The van der Waals surface area contributed by atoms with Crippen LogP contribution in [0.2, 0.25) is 0 Å². The number of hydrogen-bond acceptors (Lipinski definition) is 5. The molecular formula is C16H27N3O2. The molecule has 1 aromatic carbocycles. The first-order chi connectivity index (χ1) is 10.1. The minimum Gasteiger partial charge on any atom is -0.454 e. The predicted octanol–water partition coefficient (Wildman–Crippen LogP) is 1.69. The van der Waals surface area contributed by atoms with Crippen LogP contribution < -0.4 is 15.2 Å². The van der Waals surface area contributed by atoms with Gasteiger partial charge >= 0.3 is 0 Å². The van der Waals surface area contributed by atoms with Gasteiger partial charge in [-0.1, -0.05) is 13.0 Å². The summed E-state index contributed by atoms with van der Waals surface area (Å²) in [5.41, 5.74) is 7.45. The quantitative estimate of drug-likeness (QED) is 0.790. The first-order valence-corrected chi connectivity index (χ1v) is 7.62. The van der Waals surface area contributed by atoms with Gasteiger partial charge in [0.05, 0.1) is 0 Å². The number of rotatable bonds is 8. The van der Waals surface area contributed by atoms with Gasteiger partial charge in [-0.2, -0.15) is 0 Å². The van der Waals surface area contributed by atoms with Crippen LogP contribution in [0.4, 0.5) is 0 Å². The van der Waals surface area contributed by atoms with Crippen molar-refractivity contribution in [3.63, 3.8) is 0 Å². The first kappa shape index (κ1) is 16.1. The van der Waals surface area contributed by atoms with E-state index < -0.39 is 0 Å². The van der Waals surface area contributed by atoms with Gasteiger partial charge in [-0.3, -0.25) is 0 Å². The van der Waals surface area contributed by atoms with E-state index in [0.29, 0.717) is 6.79 Å². The van der Waals surface area contributed by atoms with Gasteiger partial charge in [-0.15, -0.1) is 0 Å². The van der Waals surface area contributed by atoms with Crippen molar-refractivity contribution in [3.8, 4) is 11.5 Å². The summed E-state index contributed by atoms with van der Waals surface area (Å²) in [5.74, 6) is 1.61. The summed E-state index contributed by atoms with van der Waals surface area (Å²) in [7, 11) is 4.21.